The lowest BCUT2D eigenvalue weighted by Crippen LogP contribution is -2.46. The Labute approximate surface area is 201 Å². The van der Waals surface area contributed by atoms with Crippen LogP contribution < -0.4 is 4.90 Å². The minimum Gasteiger partial charge on any atom is -0.340 e. The maximum Gasteiger partial charge on any atom is 0.203 e. The molecule has 0 aliphatic carbocycles. The van der Waals surface area contributed by atoms with E-state index >= 15 is 0 Å². The van der Waals surface area contributed by atoms with E-state index in [0.29, 0.717) is 0 Å². The lowest BCUT2D eigenvalue weighted by Gasteiger charge is -2.34. The number of hydrogen-bond acceptors (Lipinski definition) is 4. The summed E-state index contributed by atoms with van der Waals surface area (Å²) in [6.45, 7) is 4.66. The number of aromatic amines is 1. The molecule has 150 valence electrons. The van der Waals surface area contributed by atoms with E-state index < -0.39 is 0 Å². The van der Waals surface area contributed by atoms with Crippen LogP contribution in [-0.4, -0.2) is 50.4 Å². The lowest BCUT2D eigenvalue weighted by molar-refractivity contribution is 0.246. The minimum absolute atomic E-state index is 0.868. The highest BCUT2D eigenvalue weighted by atomic mass is 79.9. The monoisotopic (exact) mass is 644 g/mol. The third-order valence-corrected chi connectivity index (χ3v) is 9.92. The van der Waals surface area contributed by atoms with Gasteiger partial charge in [0.25, 0.3) is 0 Å². The molecule has 0 saturated carbocycles. The highest BCUT2D eigenvalue weighted by Crippen LogP contribution is 2.43. The van der Waals surface area contributed by atoms with E-state index in [0.717, 1.165) is 78.9 Å². The Kier molecular flexibility index (Phi) is 5.48. The van der Waals surface area contributed by atoms with Crippen molar-refractivity contribution in [3.05, 3.63) is 54.2 Å². The van der Waals surface area contributed by atoms with Crippen molar-refractivity contribution in [1.29, 1.82) is 0 Å². The second-order valence-electron chi connectivity index (χ2n) is 7.00. The van der Waals surface area contributed by atoms with E-state index in [-0.39, 0.29) is 0 Å². The topological polar surface area (TPSA) is 52.5 Å². The third kappa shape index (κ3) is 3.67. The minimum atomic E-state index is 0.868. The number of imidazole rings is 2. The number of fused-ring (bicyclic) bond motifs is 2. The summed E-state index contributed by atoms with van der Waals surface area (Å²) in [4.78, 5) is 17.8. The maximum atomic E-state index is 4.85. The molecule has 4 aromatic rings. The van der Waals surface area contributed by atoms with Gasteiger partial charge in [0, 0.05) is 54.1 Å². The number of halogens is 4. The van der Waals surface area contributed by atoms with Gasteiger partial charge in [-0.1, -0.05) is 6.07 Å². The predicted molar refractivity (Wildman–Crippen MR) is 130 cm³/mol. The molecule has 5 rings (SSSR count). The summed E-state index contributed by atoms with van der Waals surface area (Å²) in [6, 6.07) is 6.08. The van der Waals surface area contributed by atoms with Gasteiger partial charge in [-0.25, -0.2) is 9.97 Å². The molecule has 0 spiro atoms. The van der Waals surface area contributed by atoms with Gasteiger partial charge in [0.2, 0.25) is 5.95 Å². The first-order chi connectivity index (χ1) is 14.0. The molecular weight excluding hydrogens is 632 g/mol. The summed E-state index contributed by atoms with van der Waals surface area (Å²) in [7, 11) is 0. The van der Waals surface area contributed by atoms with Crippen molar-refractivity contribution in [2.45, 2.75) is 6.54 Å². The van der Waals surface area contributed by atoms with Gasteiger partial charge < -0.3 is 14.3 Å². The number of nitrogens with one attached hydrogen (secondary N) is 1. The zero-order valence-corrected chi connectivity index (χ0v) is 21.5. The molecule has 0 radical (unpaired) electrons. The van der Waals surface area contributed by atoms with Crippen molar-refractivity contribution < 1.29 is 0 Å². The highest BCUT2D eigenvalue weighted by molar-refractivity contribution is 9.15. The Morgan fingerprint density at radius 3 is 2.41 bits per heavy atom. The smallest absolute Gasteiger partial charge is 0.203 e. The fourth-order valence-electron chi connectivity index (χ4n) is 3.64. The second-order valence-corrected chi connectivity index (χ2v) is 10.2. The van der Waals surface area contributed by atoms with Crippen molar-refractivity contribution in [3.63, 3.8) is 0 Å². The lowest BCUT2D eigenvalue weighted by atomic mass is 10.3. The van der Waals surface area contributed by atoms with Gasteiger partial charge >= 0.3 is 0 Å². The number of hydrogen-bond donors (Lipinski definition) is 1. The number of aromatic nitrogens is 4. The van der Waals surface area contributed by atoms with Crippen molar-refractivity contribution in [3.8, 4) is 0 Å². The average molecular weight is 648 g/mol. The van der Waals surface area contributed by atoms with E-state index in [1.165, 1.54) is 0 Å². The van der Waals surface area contributed by atoms with Crippen LogP contribution in [0.15, 0.2) is 48.5 Å². The molecule has 0 unspecified atom stereocenters. The van der Waals surface area contributed by atoms with Crippen LogP contribution in [0.1, 0.15) is 5.69 Å². The zero-order valence-electron chi connectivity index (χ0n) is 15.2. The standard InChI is InChI=1S/C19H16Br4N6/c20-13-14(21)16(23)18-17(15(13)22)25-19(26-18)28-7-5-27(6-8-28)9-11-10-29-4-2-1-3-12(29)24-11/h1-4,10H,5-9H2,(H,25,26). The van der Waals surface area contributed by atoms with Crippen LogP contribution >= 0.6 is 63.7 Å². The third-order valence-electron chi connectivity index (χ3n) is 5.17. The number of anilines is 1. The van der Waals surface area contributed by atoms with Crippen molar-refractivity contribution in [2.75, 3.05) is 31.1 Å². The first kappa shape index (κ1) is 20.0. The van der Waals surface area contributed by atoms with Crippen molar-refractivity contribution in [1.82, 2.24) is 24.3 Å². The highest BCUT2D eigenvalue weighted by Gasteiger charge is 2.23. The molecule has 6 nitrogen and oxygen atoms in total. The average Bonchev–Trinajstić information content (AvgIpc) is 3.35. The van der Waals surface area contributed by atoms with Gasteiger partial charge in [-0.15, -0.1) is 0 Å². The van der Waals surface area contributed by atoms with E-state index in [2.05, 4.69) is 89.1 Å². The summed E-state index contributed by atoms with van der Waals surface area (Å²) >= 11 is 14.5. The van der Waals surface area contributed by atoms with E-state index in [1.54, 1.807) is 0 Å². The molecule has 1 fully saturated rings. The number of pyridine rings is 1. The summed E-state index contributed by atoms with van der Waals surface area (Å²) in [5, 5.41) is 0. The van der Waals surface area contributed by atoms with Crippen LogP contribution in [0.3, 0.4) is 0 Å². The SMILES string of the molecule is Brc1c(Br)c(Br)c2[nH]c(N3CCN(Cc4cn5ccccc5n4)CC3)nc2c1Br. The van der Waals surface area contributed by atoms with Crippen LogP contribution in [0.5, 0.6) is 0 Å². The van der Waals surface area contributed by atoms with Crippen LogP contribution in [0.25, 0.3) is 16.7 Å². The molecule has 1 N–H and O–H groups in total. The fraction of sp³-hybridized carbons (Fsp3) is 0.263. The van der Waals surface area contributed by atoms with Gasteiger partial charge in [-0.05, 0) is 75.9 Å². The van der Waals surface area contributed by atoms with E-state index in [9.17, 15) is 0 Å². The molecule has 1 saturated heterocycles. The molecule has 10 heteroatoms. The fourth-order valence-corrected chi connectivity index (χ4v) is 5.93. The molecule has 29 heavy (non-hydrogen) atoms. The second kappa shape index (κ2) is 7.96. The molecule has 0 atom stereocenters. The van der Waals surface area contributed by atoms with Crippen LogP contribution in [0.2, 0.25) is 0 Å². The first-order valence-corrected chi connectivity index (χ1v) is 12.3. The molecule has 0 amide bonds. The van der Waals surface area contributed by atoms with Gasteiger partial charge in [0.15, 0.2) is 0 Å². The number of benzene rings is 1. The summed E-state index contributed by atoms with van der Waals surface area (Å²) in [5.41, 5.74) is 4.00. The Bertz CT molecular complexity index is 1130. The van der Waals surface area contributed by atoms with E-state index in [1.807, 2.05) is 24.4 Å². The van der Waals surface area contributed by atoms with Crippen molar-refractivity contribution >= 4 is 86.3 Å². The summed E-state index contributed by atoms with van der Waals surface area (Å²) < 4.78 is 5.89. The normalized spacial score (nSPS) is 15.7. The van der Waals surface area contributed by atoms with Crippen LogP contribution in [0, 0.1) is 0 Å². The Balaban J connectivity index is 1.31. The van der Waals surface area contributed by atoms with Gasteiger partial charge in [-0.2, -0.15) is 0 Å². The molecule has 3 aromatic heterocycles. The number of piperazine rings is 1. The Hall–Kier alpha value is -0.940. The van der Waals surface area contributed by atoms with Crippen LogP contribution in [-0.2, 0) is 6.54 Å². The Morgan fingerprint density at radius 2 is 1.66 bits per heavy atom. The van der Waals surface area contributed by atoms with E-state index in [4.69, 9.17) is 9.97 Å². The zero-order chi connectivity index (χ0) is 20.1. The summed E-state index contributed by atoms with van der Waals surface area (Å²) in [6.07, 6.45) is 4.16. The summed E-state index contributed by atoms with van der Waals surface area (Å²) in [5.74, 6) is 0.902. The molecule has 1 aromatic carbocycles. The van der Waals surface area contributed by atoms with Gasteiger partial charge in [-0.3, -0.25) is 4.90 Å². The van der Waals surface area contributed by atoms with Crippen LogP contribution in [0.4, 0.5) is 5.95 Å². The quantitative estimate of drug-likeness (QED) is 0.233. The molecule has 4 heterocycles. The largest absolute Gasteiger partial charge is 0.340 e. The van der Waals surface area contributed by atoms with Crippen molar-refractivity contribution in [2.24, 2.45) is 0 Å². The molecular formula is C19H16Br4N6. The Morgan fingerprint density at radius 1 is 0.897 bits per heavy atom. The predicted octanol–water partition coefficient (Wildman–Crippen LogP) is 5.58. The molecule has 0 bridgehead atoms. The first-order valence-electron chi connectivity index (χ1n) is 9.13. The molecule has 1 aliphatic heterocycles. The number of nitrogens with zero attached hydrogens (tertiary/aromatic N) is 5. The number of rotatable bonds is 3. The number of H-pyrrole nitrogens is 1. The maximum absolute atomic E-state index is 4.85. The molecule has 1 aliphatic rings. The van der Waals surface area contributed by atoms with Gasteiger partial charge in [0.1, 0.15) is 11.2 Å². The van der Waals surface area contributed by atoms with Gasteiger partial charge in [0.05, 0.1) is 20.2 Å².